The topological polar surface area (TPSA) is 43.6 Å². The number of benzene rings is 6. The molecular formula is C42H30N4. The average Bonchev–Trinajstić information content (AvgIpc) is 3.67. The fraction of sp³-hybridized carbons (Fsp3) is 0.0714. The summed E-state index contributed by atoms with van der Waals surface area (Å²) in [6.07, 6.45) is 0. The van der Waals surface area contributed by atoms with Gasteiger partial charge in [0.2, 0.25) is 0 Å². The van der Waals surface area contributed by atoms with Gasteiger partial charge >= 0.3 is 0 Å². The summed E-state index contributed by atoms with van der Waals surface area (Å²) < 4.78 is 56.7. The van der Waals surface area contributed by atoms with E-state index in [9.17, 15) is 2.74 Å². The number of para-hydroxylation sites is 1. The van der Waals surface area contributed by atoms with E-state index in [-0.39, 0.29) is 47.2 Å². The highest BCUT2D eigenvalue weighted by atomic mass is 15.0. The van der Waals surface area contributed by atoms with E-state index in [1.807, 2.05) is 109 Å². The van der Waals surface area contributed by atoms with Gasteiger partial charge in [-0.15, -0.1) is 0 Å². The summed E-state index contributed by atoms with van der Waals surface area (Å²) in [7, 11) is 0. The van der Waals surface area contributed by atoms with Gasteiger partial charge in [-0.2, -0.15) is 0 Å². The smallest absolute Gasteiger partial charge is 0.164 e. The molecule has 218 valence electrons. The van der Waals surface area contributed by atoms with Crippen molar-refractivity contribution in [3.63, 3.8) is 0 Å². The first-order valence-corrected chi connectivity index (χ1v) is 15.2. The number of rotatable bonds is 4. The number of fused-ring (bicyclic) bond motifs is 6. The van der Waals surface area contributed by atoms with Crippen molar-refractivity contribution in [3.8, 4) is 51.0 Å². The molecule has 9 rings (SSSR count). The van der Waals surface area contributed by atoms with Crippen LogP contribution in [-0.2, 0) is 5.41 Å². The molecule has 0 aliphatic heterocycles. The molecule has 0 unspecified atom stereocenters. The quantitative estimate of drug-likeness (QED) is 0.203. The third kappa shape index (κ3) is 4.04. The van der Waals surface area contributed by atoms with Gasteiger partial charge in [0.05, 0.1) is 19.3 Å². The second-order valence-corrected chi connectivity index (χ2v) is 12.0. The van der Waals surface area contributed by atoms with Gasteiger partial charge in [0.15, 0.2) is 17.5 Å². The summed E-state index contributed by atoms with van der Waals surface area (Å²) in [6, 6.07) is 33.8. The van der Waals surface area contributed by atoms with Crippen LogP contribution in [0.25, 0.3) is 72.8 Å². The highest BCUT2D eigenvalue weighted by molar-refractivity contribution is 6.11. The third-order valence-corrected chi connectivity index (χ3v) is 8.90. The highest BCUT2D eigenvalue weighted by Gasteiger charge is 2.36. The molecule has 0 atom stereocenters. The van der Waals surface area contributed by atoms with Crippen molar-refractivity contribution in [2.24, 2.45) is 0 Å². The molecule has 1 aliphatic rings. The Hall–Kier alpha value is -5.87. The summed E-state index contributed by atoms with van der Waals surface area (Å²) in [5.41, 5.74) is 6.02. The monoisotopic (exact) mass is 596 g/mol. The maximum atomic E-state index is 9.83. The van der Waals surface area contributed by atoms with Gasteiger partial charge in [0, 0.05) is 38.6 Å². The molecule has 0 bridgehead atoms. The van der Waals surface area contributed by atoms with Crippen molar-refractivity contribution in [3.05, 3.63) is 157 Å². The summed E-state index contributed by atoms with van der Waals surface area (Å²) >= 11 is 0. The Morgan fingerprint density at radius 3 is 1.87 bits per heavy atom. The Balaban J connectivity index is 1.37. The van der Waals surface area contributed by atoms with Crippen LogP contribution >= 0.6 is 0 Å². The normalized spacial score (nSPS) is 15.0. The second-order valence-electron chi connectivity index (χ2n) is 12.0. The van der Waals surface area contributed by atoms with Crippen LogP contribution in [-0.4, -0.2) is 19.5 Å². The first kappa shape index (κ1) is 21.0. The lowest BCUT2D eigenvalue weighted by Crippen LogP contribution is -2.14. The molecule has 0 radical (unpaired) electrons. The van der Waals surface area contributed by atoms with Crippen molar-refractivity contribution in [2.45, 2.75) is 19.3 Å². The zero-order valence-corrected chi connectivity index (χ0v) is 25.2. The van der Waals surface area contributed by atoms with Crippen LogP contribution < -0.4 is 0 Å². The van der Waals surface area contributed by atoms with Gasteiger partial charge in [0.25, 0.3) is 0 Å². The largest absolute Gasteiger partial charge is 0.309 e. The standard InChI is InChI=1S/C42H30N4/c1-42(2)35-22-11-9-20-31(35)33-25-34-32-21-10-12-23-37(32)46(38(34)26-36(33)42)30-19-13-18-29(24-30)41-44-39(27-14-5-3-6-15-27)43-40(45-41)28-16-7-4-8-17-28/h3-26H,1-2H3/i10D,12D,21D,23D,25D,26D. The van der Waals surface area contributed by atoms with Gasteiger partial charge in [-0.25, -0.2) is 15.0 Å². The van der Waals surface area contributed by atoms with Gasteiger partial charge in [-0.1, -0.05) is 129 Å². The van der Waals surface area contributed by atoms with Crippen LogP contribution in [0.1, 0.15) is 33.2 Å². The Morgan fingerprint density at radius 2 is 1.15 bits per heavy atom. The van der Waals surface area contributed by atoms with E-state index in [0.717, 1.165) is 22.3 Å². The van der Waals surface area contributed by atoms with Crippen molar-refractivity contribution in [1.82, 2.24) is 19.5 Å². The van der Waals surface area contributed by atoms with E-state index < -0.39 is 5.41 Å². The van der Waals surface area contributed by atoms with E-state index >= 15 is 0 Å². The van der Waals surface area contributed by atoms with Crippen molar-refractivity contribution >= 4 is 21.8 Å². The lowest BCUT2D eigenvalue weighted by Gasteiger charge is -2.21. The van der Waals surface area contributed by atoms with Crippen molar-refractivity contribution < 1.29 is 8.22 Å². The van der Waals surface area contributed by atoms with Crippen LogP contribution in [0.15, 0.2) is 145 Å². The molecule has 8 aromatic rings. The lowest BCUT2D eigenvalue weighted by molar-refractivity contribution is 0.661. The predicted octanol–water partition coefficient (Wildman–Crippen LogP) is 10.3. The molecule has 46 heavy (non-hydrogen) atoms. The summed E-state index contributed by atoms with van der Waals surface area (Å²) in [5, 5.41) is 0.536. The van der Waals surface area contributed by atoms with Gasteiger partial charge in [0.1, 0.15) is 0 Å². The SMILES string of the molecule is [2H]c1c([2H])c([2H])c2c(c1[2H])c1c([2H])c3c(c([2H])c1n2-c1cccc(-c2nc(-c4ccccc4)nc(-c4ccccc4)n2)c1)C(C)(C)c1ccccc1-3. The zero-order chi connectivity index (χ0) is 36.1. The van der Waals surface area contributed by atoms with Gasteiger partial charge in [-0.3, -0.25) is 0 Å². The van der Waals surface area contributed by atoms with Crippen molar-refractivity contribution in [1.29, 1.82) is 0 Å². The van der Waals surface area contributed by atoms with E-state index in [1.165, 1.54) is 0 Å². The van der Waals surface area contributed by atoms with E-state index in [2.05, 4.69) is 13.8 Å². The van der Waals surface area contributed by atoms with Crippen LogP contribution in [0.3, 0.4) is 0 Å². The molecule has 0 N–H and O–H groups in total. The van der Waals surface area contributed by atoms with Crippen LogP contribution in [0, 0.1) is 0 Å². The Bertz CT molecular complexity index is 2720. The minimum atomic E-state index is -0.600. The molecule has 0 spiro atoms. The summed E-state index contributed by atoms with van der Waals surface area (Å²) in [5.74, 6) is 1.43. The molecule has 4 nitrogen and oxygen atoms in total. The van der Waals surface area contributed by atoms with Crippen LogP contribution in [0.2, 0.25) is 0 Å². The number of hydrogen-bond donors (Lipinski definition) is 0. The molecule has 0 fully saturated rings. The first-order valence-electron chi connectivity index (χ1n) is 18.2. The maximum Gasteiger partial charge on any atom is 0.164 e. The zero-order valence-electron chi connectivity index (χ0n) is 31.2. The van der Waals surface area contributed by atoms with Crippen molar-refractivity contribution in [2.75, 3.05) is 0 Å². The fourth-order valence-corrected chi connectivity index (χ4v) is 6.64. The predicted molar refractivity (Wildman–Crippen MR) is 188 cm³/mol. The Kier molecular flexibility index (Phi) is 4.59. The Labute approximate surface area is 276 Å². The number of aromatic nitrogens is 4. The minimum Gasteiger partial charge on any atom is -0.309 e. The van der Waals surface area contributed by atoms with Crippen LogP contribution in [0.4, 0.5) is 0 Å². The first-order chi connectivity index (χ1) is 25.1. The Morgan fingerprint density at radius 1 is 0.543 bits per heavy atom. The maximum absolute atomic E-state index is 9.83. The molecule has 0 amide bonds. The van der Waals surface area contributed by atoms with E-state index in [1.54, 1.807) is 4.57 Å². The molecular weight excluding hydrogens is 560 g/mol. The summed E-state index contributed by atoms with van der Waals surface area (Å²) in [4.78, 5) is 14.6. The summed E-state index contributed by atoms with van der Waals surface area (Å²) in [6.45, 7) is 4.11. The molecule has 1 aliphatic carbocycles. The molecule has 2 aromatic heterocycles. The molecule has 0 saturated heterocycles. The minimum absolute atomic E-state index is 0.140. The lowest BCUT2D eigenvalue weighted by atomic mass is 9.82. The molecule has 2 heterocycles. The fourth-order valence-electron chi connectivity index (χ4n) is 6.64. The molecule has 6 aromatic carbocycles. The van der Waals surface area contributed by atoms with Gasteiger partial charge in [-0.05, 0) is 52.5 Å². The second kappa shape index (κ2) is 10.1. The average molecular weight is 597 g/mol. The number of hydrogen-bond acceptors (Lipinski definition) is 3. The van der Waals surface area contributed by atoms with Crippen LogP contribution in [0.5, 0.6) is 0 Å². The third-order valence-electron chi connectivity index (χ3n) is 8.90. The molecule has 4 heteroatoms. The highest BCUT2D eigenvalue weighted by Crippen LogP contribution is 2.51. The van der Waals surface area contributed by atoms with E-state index in [0.29, 0.717) is 50.8 Å². The van der Waals surface area contributed by atoms with Gasteiger partial charge < -0.3 is 4.57 Å². The number of nitrogens with zero attached hydrogens (tertiary/aromatic N) is 4. The van der Waals surface area contributed by atoms with E-state index in [4.69, 9.17) is 20.4 Å². The molecule has 0 saturated carbocycles.